The maximum absolute atomic E-state index is 13.2. The van der Waals surface area contributed by atoms with Crippen molar-refractivity contribution in [3.63, 3.8) is 0 Å². The number of hydrogen-bond donors (Lipinski definition) is 1. The van der Waals surface area contributed by atoms with Crippen LogP contribution in [0.3, 0.4) is 0 Å². The minimum Gasteiger partial charge on any atom is -0.457 e. The Morgan fingerprint density at radius 1 is 1.24 bits per heavy atom. The number of ether oxygens (including phenoxy) is 1. The van der Waals surface area contributed by atoms with Gasteiger partial charge < -0.3 is 10.1 Å². The highest BCUT2D eigenvalue weighted by molar-refractivity contribution is 9.10. The van der Waals surface area contributed by atoms with Crippen LogP contribution in [-0.4, -0.2) is 6.04 Å². The molecule has 0 bridgehead atoms. The second-order valence-electron chi connectivity index (χ2n) is 5.09. The van der Waals surface area contributed by atoms with E-state index in [0.29, 0.717) is 11.8 Å². The van der Waals surface area contributed by atoms with E-state index in [4.69, 9.17) is 16.3 Å². The summed E-state index contributed by atoms with van der Waals surface area (Å²) in [4.78, 5) is 0. The lowest BCUT2D eigenvalue weighted by molar-refractivity contribution is 0.470. The minimum absolute atomic E-state index is 0.0557. The third kappa shape index (κ3) is 3.96. The highest BCUT2D eigenvalue weighted by atomic mass is 79.9. The molecular weight excluding hydrogens is 357 g/mol. The lowest BCUT2D eigenvalue weighted by Gasteiger charge is -2.13. The zero-order valence-electron chi connectivity index (χ0n) is 11.2. The number of benzene rings is 2. The monoisotopic (exact) mass is 369 g/mol. The van der Waals surface area contributed by atoms with Crippen molar-refractivity contribution in [2.45, 2.75) is 25.4 Å². The standard InChI is InChI=1S/C16H14BrClFNO/c17-11-2-1-10(9-20-12-3-4-12)16(7-11)21-13-5-6-15(19)14(18)8-13/h1-2,5-8,12,20H,3-4,9H2. The van der Waals surface area contributed by atoms with Gasteiger partial charge >= 0.3 is 0 Å². The van der Waals surface area contributed by atoms with E-state index in [1.165, 1.54) is 25.0 Å². The van der Waals surface area contributed by atoms with Crippen molar-refractivity contribution in [2.24, 2.45) is 0 Å². The maximum atomic E-state index is 13.2. The van der Waals surface area contributed by atoms with Gasteiger partial charge in [0.25, 0.3) is 0 Å². The van der Waals surface area contributed by atoms with Gasteiger partial charge in [0.1, 0.15) is 17.3 Å². The molecule has 0 aromatic heterocycles. The quantitative estimate of drug-likeness (QED) is 0.772. The molecule has 1 saturated carbocycles. The topological polar surface area (TPSA) is 21.3 Å². The summed E-state index contributed by atoms with van der Waals surface area (Å²) in [5.74, 6) is 0.807. The lowest BCUT2D eigenvalue weighted by Crippen LogP contribution is -2.15. The first-order valence-corrected chi connectivity index (χ1v) is 7.93. The smallest absolute Gasteiger partial charge is 0.142 e. The molecule has 3 rings (SSSR count). The Bertz CT molecular complexity index is 661. The fraction of sp³-hybridized carbons (Fsp3) is 0.250. The van der Waals surface area contributed by atoms with Crippen LogP contribution in [0.2, 0.25) is 5.02 Å². The third-order valence-electron chi connectivity index (χ3n) is 3.31. The van der Waals surface area contributed by atoms with E-state index in [1.807, 2.05) is 18.2 Å². The summed E-state index contributed by atoms with van der Waals surface area (Å²) in [6, 6.07) is 10.9. The Labute approximate surface area is 136 Å². The van der Waals surface area contributed by atoms with E-state index in [9.17, 15) is 4.39 Å². The van der Waals surface area contributed by atoms with E-state index in [1.54, 1.807) is 6.07 Å². The average Bonchev–Trinajstić information content (AvgIpc) is 3.26. The summed E-state index contributed by atoms with van der Waals surface area (Å²) in [7, 11) is 0. The van der Waals surface area contributed by atoms with Gasteiger partial charge in [-0.15, -0.1) is 0 Å². The van der Waals surface area contributed by atoms with Crippen LogP contribution < -0.4 is 10.1 Å². The van der Waals surface area contributed by atoms with E-state index in [-0.39, 0.29) is 5.02 Å². The van der Waals surface area contributed by atoms with Gasteiger partial charge in [-0.2, -0.15) is 0 Å². The molecule has 0 saturated heterocycles. The molecule has 0 atom stereocenters. The fourth-order valence-corrected chi connectivity index (χ4v) is 2.49. The normalized spacial score (nSPS) is 14.2. The van der Waals surface area contributed by atoms with Gasteiger partial charge in [-0.1, -0.05) is 33.6 Å². The molecule has 110 valence electrons. The van der Waals surface area contributed by atoms with Crippen LogP contribution in [0.4, 0.5) is 4.39 Å². The summed E-state index contributed by atoms with van der Waals surface area (Å²) in [5, 5.41) is 3.51. The Balaban J connectivity index is 1.81. The molecule has 1 aliphatic carbocycles. The summed E-state index contributed by atoms with van der Waals surface area (Å²) >= 11 is 9.23. The molecular formula is C16H14BrClFNO. The van der Waals surface area contributed by atoms with Gasteiger partial charge in [0, 0.05) is 28.7 Å². The van der Waals surface area contributed by atoms with Crippen molar-refractivity contribution >= 4 is 27.5 Å². The second kappa shape index (κ2) is 6.34. The first-order chi connectivity index (χ1) is 10.1. The molecule has 0 unspecified atom stereocenters. The molecule has 0 amide bonds. The van der Waals surface area contributed by atoms with Gasteiger partial charge in [-0.05, 0) is 37.1 Å². The number of halogens is 3. The van der Waals surface area contributed by atoms with E-state index in [2.05, 4.69) is 21.2 Å². The largest absolute Gasteiger partial charge is 0.457 e. The summed E-state index contributed by atoms with van der Waals surface area (Å²) < 4.78 is 20.0. The summed E-state index contributed by atoms with van der Waals surface area (Å²) in [6.45, 7) is 0.752. The highest BCUT2D eigenvalue weighted by Crippen LogP contribution is 2.31. The van der Waals surface area contributed by atoms with Crippen LogP contribution >= 0.6 is 27.5 Å². The van der Waals surface area contributed by atoms with E-state index >= 15 is 0 Å². The average molecular weight is 371 g/mol. The van der Waals surface area contributed by atoms with Gasteiger partial charge in [-0.25, -0.2) is 4.39 Å². The molecule has 5 heteroatoms. The van der Waals surface area contributed by atoms with Crippen LogP contribution in [-0.2, 0) is 6.54 Å². The SMILES string of the molecule is Fc1ccc(Oc2cc(Br)ccc2CNC2CC2)cc1Cl. The molecule has 1 N–H and O–H groups in total. The molecule has 0 spiro atoms. The molecule has 1 aliphatic rings. The minimum atomic E-state index is -0.450. The fourth-order valence-electron chi connectivity index (χ4n) is 1.98. The van der Waals surface area contributed by atoms with Crippen molar-refractivity contribution in [2.75, 3.05) is 0 Å². The van der Waals surface area contributed by atoms with Crippen molar-refractivity contribution in [3.05, 3.63) is 57.3 Å². The third-order valence-corrected chi connectivity index (χ3v) is 4.09. The van der Waals surface area contributed by atoms with Crippen LogP contribution in [0.25, 0.3) is 0 Å². The molecule has 2 aromatic rings. The van der Waals surface area contributed by atoms with Crippen molar-refractivity contribution in [3.8, 4) is 11.5 Å². The van der Waals surface area contributed by atoms with Gasteiger partial charge in [0.05, 0.1) is 5.02 Å². The maximum Gasteiger partial charge on any atom is 0.142 e. The Morgan fingerprint density at radius 2 is 2.05 bits per heavy atom. The van der Waals surface area contributed by atoms with Gasteiger partial charge in [0.15, 0.2) is 0 Å². The molecule has 0 radical (unpaired) electrons. The summed E-state index contributed by atoms with van der Waals surface area (Å²) in [5.41, 5.74) is 1.06. The molecule has 2 nitrogen and oxygen atoms in total. The van der Waals surface area contributed by atoms with Gasteiger partial charge in [0.2, 0.25) is 0 Å². The van der Waals surface area contributed by atoms with Crippen LogP contribution in [0.5, 0.6) is 11.5 Å². The Kier molecular flexibility index (Phi) is 4.48. The summed E-state index contributed by atoms with van der Waals surface area (Å²) in [6.07, 6.45) is 2.47. The molecule has 2 aromatic carbocycles. The van der Waals surface area contributed by atoms with Crippen molar-refractivity contribution in [1.82, 2.24) is 5.32 Å². The first kappa shape index (κ1) is 14.8. The number of hydrogen-bond acceptors (Lipinski definition) is 2. The predicted molar refractivity (Wildman–Crippen MR) is 85.5 cm³/mol. The first-order valence-electron chi connectivity index (χ1n) is 6.76. The lowest BCUT2D eigenvalue weighted by atomic mass is 10.2. The van der Waals surface area contributed by atoms with Crippen LogP contribution in [0.1, 0.15) is 18.4 Å². The highest BCUT2D eigenvalue weighted by Gasteiger charge is 2.20. The van der Waals surface area contributed by atoms with E-state index < -0.39 is 5.82 Å². The number of nitrogens with one attached hydrogen (secondary N) is 1. The zero-order valence-corrected chi connectivity index (χ0v) is 13.5. The second-order valence-corrected chi connectivity index (χ2v) is 6.41. The molecule has 1 fully saturated rings. The number of rotatable bonds is 5. The molecule has 0 heterocycles. The Morgan fingerprint density at radius 3 is 2.76 bits per heavy atom. The zero-order chi connectivity index (χ0) is 14.8. The van der Waals surface area contributed by atoms with Crippen molar-refractivity contribution in [1.29, 1.82) is 0 Å². The van der Waals surface area contributed by atoms with Gasteiger partial charge in [-0.3, -0.25) is 0 Å². The Hall–Kier alpha value is -1.10. The predicted octanol–water partition coefficient (Wildman–Crippen LogP) is 5.29. The van der Waals surface area contributed by atoms with E-state index in [0.717, 1.165) is 22.3 Å². The van der Waals surface area contributed by atoms with Crippen molar-refractivity contribution < 1.29 is 9.13 Å². The van der Waals surface area contributed by atoms with Crippen LogP contribution in [0, 0.1) is 5.82 Å². The molecule has 21 heavy (non-hydrogen) atoms. The van der Waals surface area contributed by atoms with Crippen LogP contribution in [0.15, 0.2) is 40.9 Å². The molecule has 0 aliphatic heterocycles.